The molecule has 0 heterocycles. The first-order chi connectivity index (χ1) is 9.65. The molecule has 21 heavy (non-hydrogen) atoms. The predicted molar refractivity (Wildman–Crippen MR) is 85.3 cm³/mol. The first-order valence-corrected chi connectivity index (χ1v) is 7.87. The molecule has 0 aliphatic rings. The monoisotopic (exact) mass is 305 g/mol. The van der Waals surface area contributed by atoms with E-state index >= 15 is 0 Å². The number of rotatable bonds is 11. The lowest BCUT2D eigenvalue weighted by atomic mass is 9.71. The summed E-state index contributed by atoms with van der Waals surface area (Å²) in [7, 11) is 4.14. The molecular weight excluding hydrogens is 270 g/mol. The summed E-state index contributed by atoms with van der Waals surface area (Å²) in [4.78, 5) is 2.21. The maximum absolute atomic E-state index is 10.5. The van der Waals surface area contributed by atoms with Crippen molar-refractivity contribution in [2.75, 3.05) is 33.9 Å². The van der Waals surface area contributed by atoms with Crippen molar-refractivity contribution < 1.29 is 20.1 Å². The Balaban J connectivity index is 4.69. The van der Waals surface area contributed by atoms with Crippen molar-refractivity contribution in [2.45, 2.75) is 64.7 Å². The van der Waals surface area contributed by atoms with Gasteiger partial charge in [0, 0.05) is 5.54 Å². The van der Waals surface area contributed by atoms with Crippen LogP contribution in [0.2, 0.25) is 0 Å². The van der Waals surface area contributed by atoms with Gasteiger partial charge in [-0.1, -0.05) is 20.8 Å². The molecule has 0 aromatic rings. The highest BCUT2D eigenvalue weighted by Gasteiger charge is 2.39. The molecule has 5 nitrogen and oxygen atoms in total. The largest absolute Gasteiger partial charge is 0.394 e. The number of hydrogen-bond acceptors (Lipinski definition) is 5. The van der Waals surface area contributed by atoms with Crippen LogP contribution in [0.25, 0.3) is 0 Å². The Kier molecular flexibility index (Phi) is 8.97. The van der Waals surface area contributed by atoms with E-state index in [0.717, 1.165) is 19.3 Å². The van der Waals surface area contributed by atoms with Crippen LogP contribution in [0.3, 0.4) is 0 Å². The van der Waals surface area contributed by atoms with Crippen molar-refractivity contribution in [3.05, 3.63) is 0 Å². The molecule has 0 spiro atoms. The molecule has 3 unspecified atom stereocenters. The highest BCUT2D eigenvalue weighted by Crippen LogP contribution is 2.38. The van der Waals surface area contributed by atoms with E-state index in [1.165, 1.54) is 0 Å². The number of aliphatic hydroxyl groups is 3. The topological polar surface area (TPSA) is 73.2 Å². The van der Waals surface area contributed by atoms with Gasteiger partial charge in [-0.25, -0.2) is 0 Å². The maximum Gasteiger partial charge on any atom is 0.100 e. The van der Waals surface area contributed by atoms with Gasteiger partial charge in [-0.05, 0) is 45.7 Å². The summed E-state index contributed by atoms with van der Waals surface area (Å²) in [6, 6.07) is 0. The van der Waals surface area contributed by atoms with Gasteiger partial charge in [0.25, 0.3) is 0 Å². The molecule has 4 atom stereocenters. The quantitative estimate of drug-likeness (QED) is 0.536. The third kappa shape index (κ3) is 6.20. The van der Waals surface area contributed by atoms with E-state index in [-0.39, 0.29) is 30.8 Å². The van der Waals surface area contributed by atoms with E-state index in [4.69, 9.17) is 9.84 Å². The van der Waals surface area contributed by atoms with Crippen LogP contribution in [0, 0.1) is 5.41 Å². The van der Waals surface area contributed by atoms with Crippen LogP contribution in [0.4, 0.5) is 0 Å². The average Bonchev–Trinajstić information content (AvgIpc) is 2.46. The summed E-state index contributed by atoms with van der Waals surface area (Å²) in [6.07, 6.45) is 1.25. The van der Waals surface area contributed by atoms with Crippen LogP contribution in [0.15, 0.2) is 0 Å². The normalized spacial score (nSPS) is 20.9. The molecule has 5 heteroatoms. The van der Waals surface area contributed by atoms with Gasteiger partial charge >= 0.3 is 0 Å². The minimum absolute atomic E-state index is 0.0242. The third-order valence-electron chi connectivity index (χ3n) is 5.03. The van der Waals surface area contributed by atoms with Gasteiger partial charge in [0.15, 0.2) is 0 Å². The van der Waals surface area contributed by atoms with E-state index in [2.05, 4.69) is 46.7 Å². The van der Waals surface area contributed by atoms with Crippen LogP contribution >= 0.6 is 0 Å². The van der Waals surface area contributed by atoms with Crippen LogP contribution in [0.5, 0.6) is 0 Å². The van der Waals surface area contributed by atoms with Gasteiger partial charge in [0.05, 0.1) is 25.9 Å². The van der Waals surface area contributed by atoms with E-state index < -0.39 is 12.2 Å². The smallest absolute Gasteiger partial charge is 0.100 e. The van der Waals surface area contributed by atoms with Crippen molar-refractivity contribution in [3.63, 3.8) is 0 Å². The Morgan fingerprint density at radius 1 is 1.05 bits per heavy atom. The van der Waals surface area contributed by atoms with E-state index in [9.17, 15) is 10.2 Å². The zero-order valence-corrected chi connectivity index (χ0v) is 14.6. The molecule has 0 aliphatic heterocycles. The molecule has 0 fully saturated rings. The second-order valence-corrected chi connectivity index (χ2v) is 6.82. The summed E-state index contributed by atoms with van der Waals surface area (Å²) >= 11 is 0. The summed E-state index contributed by atoms with van der Waals surface area (Å²) in [6.45, 7) is 8.44. The minimum Gasteiger partial charge on any atom is -0.394 e. The fraction of sp³-hybridized carbons (Fsp3) is 1.00. The molecule has 0 bridgehead atoms. The number of nitrogens with zero attached hydrogens (tertiary/aromatic N) is 1. The molecule has 0 saturated carbocycles. The first-order valence-electron chi connectivity index (χ1n) is 7.87. The summed E-state index contributed by atoms with van der Waals surface area (Å²) in [5.74, 6) is 0. The molecule has 0 amide bonds. The lowest BCUT2D eigenvalue weighted by Crippen LogP contribution is -2.49. The predicted octanol–water partition coefficient (Wildman–Crippen LogP) is 1.25. The van der Waals surface area contributed by atoms with Crippen molar-refractivity contribution >= 4 is 0 Å². The van der Waals surface area contributed by atoms with Gasteiger partial charge in [0.2, 0.25) is 0 Å². The van der Waals surface area contributed by atoms with Gasteiger partial charge in [-0.3, -0.25) is 0 Å². The van der Waals surface area contributed by atoms with Crippen LogP contribution in [-0.2, 0) is 4.74 Å². The average molecular weight is 305 g/mol. The first kappa shape index (κ1) is 20.8. The van der Waals surface area contributed by atoms with Crippen molar-refractivity contribution in [2.24, 2.45) is 5.41 Å². The molecule has 0 saturated heterocycles. The fourth-order valence-electron chi connectivity index (χ4n) is 2.52. The van der Waals surface area contributed by atoms with Gasteiger partial charge < -0.3 is 25.0 Å². The molecule has 0 aliphatic carbocycles. The lowest BCUT2D eigenvalue weighted by molar-refractivity contribution is -0.0775. The Morgan fingerprint density at radius 2 is 1.62 bits per heavy atom. The number of hydrogen-bond donors (Lipinski definition) is 3. The SMILES string of the molecule is CCC(C)(C[C@@](C)(CC)C(O)COCC(O)CO)N(C)C. The summed E-state index contributed by atoms with van der Waals surface area (Å²) in [5.41, 5.74) is -0.227. The Bertz CT molecular complexity index is 287. The second-order valence-electron chi connectivity index (χ2n) is 6.82. The molecule has 128 valence electrons. The summed E-state index contributed by atoms with van der Waals surface area (Å²) in [5, 5.41) is 28.5. The third-order valence-corrected chi connectivity index (χ3v) is 5.03. The standard InChI is InChI=1S/C16H35NO4/c1-7-15(3,12-16(4,8-2)17(5)6)14(20)11-21-10-13(19)9-18/h13-14,18-20H,7-12H2,1-6H3/t13?,14?,15-,16?/m1/s1. The van der Waals surface area contributed by atoms with Crippen molar-refractivity contribution in [1.29, 1.82) is 0 Å². The molecule has 0 aromatic carbocycles. The van der Waals surface area contributed by atoms with Crippen LogP contribution in [0.1, 0.15) is 47.0 Å². The van der Waals surface area contributed by atoms with Gasteiger partial charge in [-0.15, -0.1) is 0 Å². The van der Waals surface area contributed by atoms with Crippen LogP contribution in [-0.4, -0.2) is 71.9 Å². The Morgan fingerprint density at radius 3 is 2.00 bits per heavy atom. The lowest BCUT2D eigenvalue weighted by Gasteiger charge is -2.45. The second kappa shape index (κ2) is 9.06. The Labute approximate surface area is 129 Å². The van der Waals surface area contributed by atoms with Gasteiger partial charge in [0.1, 0.15) is 6.10 Å². The molecule has 0 rings (SSSR count). The van der Waals surface area contributed by atoms with E-state index in [0.29, 0.717) is 0 Å². The minimum atomic E-state index is -0.882. The van der Waals surface area contributed by atoms with Gasteiger partial charge in [-0.2, -0.15) is 0 Å². The van der Waals surface area contributed by atoms with Crippen molar-refractivity contribution in [1.82, 2.24) is 4.90 Å². The zero-order valence-electron chi connectivity index (χ0n) is 14.6. The summed E-state index contributed by atoms with van der Waals surface area (Å²) < 4.78 is 5.33. The molecular formula is C16H35NO4. The molecule has 3 N–H and O–H groups in total. The van der Waals surface area contributed by atoms with E-state index in [1.54, 1.807) is 0 Å². The fourth-order valence-corrected chi connectivity index (χ4v) is 2.52. The van der Waals surface area contributed by atoms with Crippen molar-refractivity contribution in [3.8, 4) is 0 Å². The molecule has 0 aromatic heterocycles. The molecule has 0 radical (unpaired) electrons. The highest BCUT2D eigenvalue weighted by molar-refractivity contribution is 4.93. The Hall–Kier alpha value is -0.200. The highest BCUT2D eigenvalue weighted by atomic mass is 16.5. The zero-order chi connectivity index (χ0) is 16.7. The van der Waals surface area contributed by atoms with E-state index in [1.807, 2.05) is 0 Å². The maximum atomic E-state index is 10.5. The number of ether oxygens (including phenoxy) is 1. The van der Waals surface area contributed by atoms with Crippen LogP contribution < -0.4 is 0 Å². The number of aliphatic hydroxyl groups excluding tert-OH is 3.